The Labute approximate surface area is 308 Å². The number of nitrogens with two attached hydrogens (primary N) is 4. The number of primary amides is 4. The summed E-state index contributed by atoms with van der Waals surface area (Å²) in [6.45, 7) is 3.43. The molecule has 0 radical (unpaired) electrons. The molecule has 3 aliphatic rings. The third-order valence-electron chi connectivity index (χ3n) is 9.88. The quantitative estimate of drug-likeness (QED) is 0.268. The van der Waals surface area contributed by atoms with E-state index in [0.717, 1.165) is 114 Å². The van der Waals surface area contributed by atoms with Crippen molar-refractivity contribution >= 4 is 35.4 Å². The van der Waals surface area contributed by atoms with Crippen LogP contribution in [0, 0.1) is 0 Å². The molecule has 1 aliphatic carbocycles. The van der Waals surface area contributed by atoms with Crippen LogP contribution in [-0.4, -0.2) is 71.4 Å². The molecule has 8 N–H and O–H groups in total. The van der Waals surface area contributed by atoms with Crippen LogP contribution in [0.3, 0.4) is 0 Å². The van der Waals surface area contributed by atoms with E-state index in [1.807, 2.05) is 9.80 Å². The zero-order chi connectivity index (χ0) is 37.9. The predicted molar refractivity (Wildman–Crippen MR) is 201 cm³/mol. The van der Waals surface area contributed by atoms with Gasteiger partial charge in [-0.25, -0.2) is 0 Å². The van der Waals surface area contributed by atoms with Crippen molar-refractivity contribution in [2.45, 2.75) is 116 Å². The molecule has 2 aromatic carbocycles. The molecule has 12 heteroatoms. The first-order chi connectivity index (χ1) is 25.0. The van der Waals surface area contributed by atoms with E-state index in [1.54, 1.807) is 36.4 Å². The summed E-state index contributed by atoms with van der Waals surface area (Å²) in [4.78, 5) is 72.5. The monoisotopic (exact) mass is 718 g/mol. The Morgan fingerprint density at radius 3 is 1.40 bits per heavy atom. The highest BCUT2D eigenvalue weighted by Crippen LogP contribution is 2.26. The molecule has 2 heterocycles. The van der Waals surface area contributed by atoms with Gasteiger partial charge in [0.05, 0.1) is 0 Å². The molecule has 0 saturated carbocycles. The number of nitrogens with zero attached hydrogens (tertiary/aromatic N) is 2. The maximum atomic E-state index is 12.3. The molecule has 5 rings (SSSR count). The summed E-state index contributed by atoms with van der Waals surface area (Å²) in [6, 6.07) is 9.90. The number of unbranched alkanes of at least 4 members (excludes halogenated alkanes) is 1. The molecule has 0 atom stereocenters. The number of hydrogen-bond acceptors (Lipinski definition) is 6. The van der Waals surface area contributed by atoms with Crippen LogP contribution in [0.15, 0.2) is 36.4 Å². The van der Waals surface area contributed by atoms with Crippen molar-refractivity contribution in [3.8, 4) is 0 Å². The normalized spacial score (nSPS) is 16.1. The predicted octanol–water partition coefficient (Wildman–Crippen LogP) is 4.78. The van der Waals surface area contributed by atoms with E-state index in [9.17, 15) is 28.8 Å². The maximum Gasteiger partial charge on any atom is 0.253 e. The number of fused-ring (bicyclic) bond motifs is 1. The lowest BCUT2D eigenvalue weighted by Crippen LogP contribution is -2.32. The van der Waals surface area contributed by atoms with Gasteiger partial charge < -0.3 is 32.7 Å². The lowest BCUT2D eigenvalue weighted by atomic mass is 9.86. The third-order valence-corrected chi connectivity index (χ3v) is 9.88. The largest absolute Gasteiger partial charge is 0.370 e. The minimum atomic E-state index is -0.500. The summed E-state index contributed by atoms with van der Waals surface area (Å²) in [5.41, 5.74) is 24.9. The Morgan fingerprint density at radius 1 is 0.500 bits per heavy atom. The van der Waals surface area contributed by atoms with Crippen molar-refractivity contribution in [3.63, 3.8) is 0 Å². The van der Waals surface area contributed by atoms with Crippen LogP contribution in [0.5, 0.6) is 0 Å². The molecule has 2 saturated heterocycles. The zero-order valence-corrected chi connectivity index (χ0v) is 30.7. The van der Waals surface area contributed by atoms with Gasteiger partial charge in [0.25, 0.3) is 5.91 Å². The van der Waals surface area contributed by atoms with Gasteiger partial charge in [0, 0.05) is 61.3 Å². The van der Waals surface area contributed by atoms with Crippen molar-refractivity contribution in [2.75, 3.05) is 26.2 Å². The molecule has 0 aromatic heterocycles. The van der Waals surface area contributed by atoms with Crippen molar-refractivity contribution < 1.29 is 28.8 Å². The van der Waals surface area contributed by atoms with Gasteiger partial charge in [0.1, 0.15) is 0 Å². The molecular formula is C40H58N6O6. The van der Waals surface area contributed by atoms with Gasteiger partial charge in [-0.3, -0.25) is 28.8 Å². The van der Waals surface area contributed by atoms with Crippen LogP contribution in [-0.2, 0) is 22.4 Å². The minimum Gasteiger partial charge on any atom is -0.370 e. The van der Waals surface area contributed by atoms with Gasteiger partial charge in [0.2, 0.25) is 29.5 Å². The van der Waals surface area contributed by atoms with E-state index in [4.69, 9.17) is 22.9 Å². The van der Waals surface area contributed by atoms with Gasteiger partial charge in [-0.1, -0.05) is 44.6 Å². The molecule has 6 amide bonds. The molecule has 0 unspecified atom stereocenters. The highest BCUT2D eigenvalue weighted by atomic mass is 16.2. The summed E-state index contributed by atoms with van der Waals surface area (Å²) < 4.78 is 0. The molecule has 2 aliphatic heterocycles. The second-order valence-electron chi connectivity index (χ2n) is 13.9. The van der Waals surface area contributed by atoms with Crippen LogP contribution < -0.4 is 22.9 Å². The fourth-order valence-electron chi connectivity index (χ4n) is 7.00. The average molecular weight is 719 g/mol. The topological polar surface area (TPSA) is 213 Å². The Balaban J connectivity index is 0.000000211. The van der Waals surface area contributed by atoms with Gasteiger partial charge in [-0.2, -0.15) is 0 Å². The maximum absolute atomic E-state index is 12.3. The average Bonchev–Trinajstić information content (AvgIpc) is 3.56. The van der Waals surface area contributed by atoms with Crippen LogP contribution in [0.4, 0.5) is 0 Å². The Kier molecular flexibility index (Phi) is 17.8. The lowest BCUT2D eigenvalue weighted by molar-refractivity contribution is -0.131. The number of rotatable bonds is 9. The van der Waals surface area contributed by atoms with Gasteiger partial charge >= 0.3 is 0 Å². The Morgan fingerprint density at radius 2 is 0.942 bits per heavy atom. The van der Waals surface area contributed by atoms with Crippen molar-refractivity contribution in [1.29, 1.82) is 0 Å². The van der Waals surface area contributed by atoms with Gasteiger partial charge in [-0.05, 0) is 106 Å². The number of likely N-dealkylation sites (tertiary alicyclic amines) is 2. The van der Waals surface area contributed by atoms with Gasteiger partial charge in [-0.15, -0.1) is 0 Å². The van der Waals surface area contributed by atoms with Crippen LogP contribution in [0.1, 0.15) is 155 Å². The fraction of sp³-hybridized carbons (Fsp3) is 0.550. The lowest BCUT2D eigenvalue weighted by Gasteiger charge is -2.20. The number of hydrogen-bond donors (Lipinski definition) is 4. The number of carbonyl (C=O) groups is 6. The molecule has 0 bridgehead atoms. The van der Waals surface area contributed by atoms with Crippen molar-refractivity contribution in [1.82, 2.24) is 9.80 Å². The van der Waals surface area contributed by atoms with E-state index in [0.29, 0.717) is 35.1 Å². The Bertz CT molecular complexity index is 1480. The zero-order valence-electron chi connectivity index (χ0n) is 30.7. The molecule has 284 valence electrons. The smallest absolute Gasteiger partial charge is 0.253 e. The van der Waals surface area contributed by atoms with Crippen molar-refractivity contribution in [3.05, 3.63) is 69.8 Å². The number of carbonyl (C=O) groups excluding carboxylic acids is 6. The van der Waals surface area contributed by atoms with E-state index in [1.165, 1.54) is 25.7 Å². The third kappa shape index (κ3) is 13.8. The number of amides is 6. The van der Waals surface area contributed by atoms with E-state index in [2.05, 4.69) is 0 Å². The molecule has 2 aromatic rings. The summed E-state index contributed by atoms with van der Waals surface area (Å²) in [7, 11) is 0. The first-order valence-corrected chi connectivity index (χ1v) is 19.0. The summed E-state index contributed by atoms with van der Waals surface area (Å²) in [5.74, 6) is -1.39. The minimum absolute atomic E-state index is 0.000000000000000444. The van der Waals surface area contributed by atoms with Crippen molar-refractivity contribution in [2.24, 2.45) is 22.9 Å². The molecule has 12 nitrogen and oxygen atoms in total. The van der Waals surface area contributed by atoms with E-state index >= 15 is 0 Å². The first kappa shape index (κ1) is 41.7. The van der Waals surface area contributed by atoms with E-state index in [-0.39, 0.29) is 17.7 Å². The van der Waals surface area contributed by atoms with Crippen LogP contribution >= 0.6 is 0 Å². The molecule has 2 fully saturated rings. The second kappa shape index (κ2) is 22.3. The summed E-state index contributed by atoms with van der Waals surface area (Å²) >= 11 is 0. The molecule has 52 heavy (non-hydrogen) atoms. The Hall–Kier alpha value is -4.74. The van der Waals surface area contributed by atoms with Crippen LogP contribution in [0.2, 0.25) is 0 Å². The van der Waals surface area contributed by atoms with Crippen LogP contribution in [0.25, 0.3) is 0 Å². The summed E-state index contributed by atoms with van der Waals surface area (Å²) in [6.07, 6.45) is 17.6. The first-order valence-electron chi connectivity index (χ1n) is 19.0. The van der Waals surface area contributed by atoms with Gasteiger partial charge in [0.15, 0.2) is 0 Å². The highest BCUT2D eigenvalue weighted by molar-refractivity contribution is 6.00. The molecule has 0 spiro atoms. The number of benzene rings is 2. The van der Waals surface area contributed by atoms with E-state index < -0.39 is 17.7 Å². The summed E-state index contributed by atoms with van der Waals surface area (Å²) in [5, 5.41) is 0. The second-order valence-corrected chi connectivity index (χ2v) is 13.9. The SMILES string of the molecule is NC(=O)CCCCC(=O)N1CCCCCC1.NC(=O)c1ccc(C(N)=O)c2c1CCCCCC2.NC(=O)c1cccc(C(=O)N2CCCCCC2)c1. The molecular weight excluding hydrogens is 660 g/mol. The fourth-order valence-corrected chi connectivity index (χ4v) is 7.00. The standard InChI is InChI=1S/2C14H18N2O2.C12H22N2O2/c15-13(17)11-6-5-7-12(10-11)14(18)16-8-3-1-2-4-9-16;15-13(17)11-7-8-12(14(16)18)10-6-4-2-1-3-5-9(10)11;13-11(15)7-3-4-8-12(16)14-9-5-1-2-6-10-14/h5-7,10H,1-4,8-9H2,(H2,15,17);7-8H,1-6H2,(H2,15,17)(H2,16,18);1-10H2,(H2,13,15). The highest BCUT2D eigenvalue weighted by Gasteiger charge is 2.20.